The first-order chi connectivity index (χ1) is 18.1. The Bertz CT molecular complexity index is 1520. The zero-order valence-corrected chi connectivity index (χ0v) is 21.1. The highest BCUT2D eigenvalue weighted by molar-refractivity contribution is 9.10. The lowest BCUT2D eigenvalue weighted by Crippen LogP contribution is -2.20. The summed E-state index contributed by atoms with van der Waals surface area (Å²) in [6.07, 6.45) is -3.05. The van der Waals surface area contributed by atoms with E-state index in [9.17, 15) is 27.6 Å². The minimum atomic E-state index is -4.49. The monoisotopic (exact) mass is 588 g/mol. The quantitative estimate of drug-likeness (QED) is 0.248. The fourth-order valence-corrected chi connectivity index (χ4v) is 4.06. The van der Waals surface area contributed by atoms with E-state index in [0.29, 0.717) is 20.9 Å². The van der Waals surface area contributed by atoms with Gasteiger partial charge in [0.25, 0.3) is 5.91 Å². The SMILES string of the molecule is NCC(=O)OCc1ccccc1C(=O)n1cc(NC(=O)Nc2ccc(C(F)(F)F)cc2)c2cc(Br)ccc21. The molecular formula is C26H20BrF3N4O4. The number of carbonyl (C=O) groups excluding carboxylic acids is 3. The van der Waals surface area contributed by atoms with Gasteiger partial charge in [-0.05, 0) is 48.5 Å². The van der Waals surface area contributed by atoms with E-state index in [1.807, 2.05) is 0 Å². The van der Waals surface area contributed by atoms with Crippen molar-refractivity contribution in [3.8, 4) is 0 Å². The van der Waals surface area contributed by atoms with Crippen LogP contribution in [0.25, 0.3) is 10.9 Å². The molecule has 0 aliphatic rings. The third kappa shape index (κ3) is 6.03. The van der Waals surface area contributed by atoms with Crippen LogP contribution < -0.4 is 16.4 Å². The number of esters is 1. The number of amides is 2. The summed E-state index contributed by atoms with van der Waals surface area (Å²) in [7, 11) is 0. The van der Waals surface area contributed by atoms with Gasteiger partial charge in [0, 0.05) is 32.9 Å². The van der Waals surface area contributed by atoms with Crippen molar-refractivity contribution in [3.05, 3.63) is 94.1 Å². The van der Waals surface area contributed by atoms with E-state index < -0.39 is 29.6 Å². The summed E-state index contributed by atoms with van der Waals surface area (Å²) in [5.41, 5.74) is 6.10. The minimum absolute atomic E-state index is 0.149. The largest absolute Gasteiger partial charge is 0.460 e. The number of alkyl halides is 3. The first-order valence-corrected chi connectivity index (χ1v) is 11.9. The third-order valence-corrected chi connectivity index (χ3v) is 6.00. The van der Waals surface area contributed by atoms with E-state index in [1.54, 1.807) is 42.5 Å². The summed E-state index contributed by atoms with van der Waals surface area (Å²) in [6, 6.07) is 15.0. The van der Waals surface area contributed by atoms with Gasteiger partial charge in [0.1, 0.15) is 6.61 Å². The van der Waals surface area contributed by atoms with Crippen molar-refractivity contribution >= 4 is 56.1 Å². The number of halogens is 4. The topological polar surface area (TPSA) is 115 Å². The summed E-state index contributed by atoms with van der Waals surface area (Å²) < 4.78 is 45.5. The Kier molecular flexibility index (Phi) is 7.83. The molecule has 1 aromatic heterocycles. The number of ether oxygens (including phenoxy) is 1. The fraction of sp³-hybridized carbons (Fsp3) is 0.115. The standard InChI is InChI=1S/C26H20BrF3N4O4/c27-17-7-10-22-20(11-17)21(33-25(37)32-18-8-5-16(6-9-18)26(28,29)30)13-34(22)24(36)19-4-2-1-3-15(19)14-38-23(35)12-31/h1-11,13H,12,14,31H2,(H2,32,33,37). The highest BCUT2D eigenvalue weighted by atomic mass is 79.9. The van der Waals surface area contributed by atoms with Crippen molar-refractivity contribution in [2.24, 2.45) is 5.73 Å². The highest BCUT2D eigenvalue weighted by Crippen LogP contribution is 2.31. The second-order valence-electron chi connectivity index (χ2n) is 8.06. The molecule has 0 aliphatic heterocycles. The molecule has 0 fully saturated rings. The molecule has 38 heavy (non-hydrogen) atoms. The number of nitrogens with two attached hydrogens (primary N) is 1. The van der Waals surface area contributed by atoms with Crippen LogP contribution in [0.4, 0.5) is 29.3 Å². The van der Waals surface area contributed by atoms with Crippen molar-refractivity contribution < 1.29 is 32.3 Å². The number of nitrogens with one attached hydrogen (secondary N) is 2. The van der Waals surface area contributed by atoms with Gasteiger partial charge in [-0.2, -0.15) is 13.2 Å². The molecule has 12 heteroatoms. The van der Waals surface area contributed by atoms with Gasteiger partial charge in [0.2, 0.25) is 0 Å². The minimum Gasteiger partial charge on any atom is -0.460 e. The Labute approximate surface area is 222 Å². The first-order valence-electron chi connectivity index (χ1n) is 11.1. The van der Waals surface area contributed by atoms with Crippen LogP contribution in [0.3, 0.4) is 0 Å². The summed E-state index contributed by atoms with van der Waals surface area (Å²) in [5, 5.41) is 5.65. The molecular weight excluding hydrogens is 569 g/mol. The van der Waals surface area contributed by atoms with E-state index in [1.165, 1.54) is 10.8 Å². The number of fused-ring (bicyclic) bond motifs is 1. The van der Waals surface area contributed by atoms with Crippen molar-refractivity contribution in [1.82, 2.24) is 4.57 Å². The Morgan fingerprint density at radius 2 is 1.68 bits per heavy atom. The zero-order valence-electron chi connectivity index (χ0n) is 19.5. The van der Waals surface area contributed by atoms with Crippen LogP contribution in [-0.4, -0.2) is 29.0 Å². The van der Waals surface area contributed by atoms with E-state index in [2.05, 4.69) is 26.6 Å². The Morgan fingerprint density at radius 3 is 2.37 bits per heavy atom. The molecule has 8 nitrogen and oxygen atoms in total. The summed E-state index contributed by atoms with van der Waals surface area (Å²) in [6.45, 7) is -0.444. The molecule has 0 saturated heterocycles. The van der Waals surface area contributed by atoms with Crippen LogP contribution in [0.1, 0.15) is 21.5 Å². The lowest BCUT2D eigenvalue weighted by molar-refractivity contribution is -0.143. The lowest BCUT2D eigenvalue weighted by Gasteiger charge is -2.10. The highest BCUT2D eigenvalue weighted by Gasteiger charge is 2.30. The molecule has 0 spiro atoms. The number of nitrogens with zero attached hydrogens (tertiary/aromatic N) is 1. The second kappa shape index (κ2) is 11.1. The number of aromatic nitrogens is 1. The molecule has 1 heterocycles. The Hall–Kier alpha value is -4.16. The van der Waals surface area contributed by atoms with Gasteiger partial charge in [-0.3, -0.25) is 14.2 Å². The average molecular weight is 589 g/mol. The molecule has 4 aromatic rings. The molecule has 196 valence electrons. The zero-order chi connectivity index (χ0) is 27.4. The molecule has 0 bridgehead atoms. The normalized spacial score (nSPS) is 11.3. The van der Waals surface area contributed by atoms with Gasteiger partial charge in [0.15, 0.2) is 0 Å². The fourth-order valence-electron chi connectivity index (χ4n) is 3.70. The summed E-state index contributed by atoms with van der Waals surface area (Å²) in [5.74, 6) is -1.05. The first kappa shape index (κ1) is 26.9. The number of benzene rings is 3. The number of rotatable bonds is 6. The number of hydrogen-bond acceptors (Lipinski definition) is 5. The number of hydrogen-bond donors (Lipinski definition) is 3. The Morgan fingerprint density at radius 1 is 0.974 bits per heavy atom. The van der Waals surface area contributed by atoms with Gasteiger partial charge in [0.05, 0.1) is 23.3 Å². The average Bonchev–Trinajstić information content (AvgIpc) is 3.23. The molecule has 4 N–H and O–H groups in total. The maximum atomic E-state index is 13.5. The third-order valence-electron chi connectivity index (χ3n) is 5.51. The van der Waals surface area contributed by atoms with Gasteiger partial charge in [-0.15, -0.1) is 0 Å². The predicted molar refractivity (Wildman–Crippen MR) is 139 cm³/mol. The molecule has 2 amide bonds. The Balaban J connectivity index is 1.61. The van der Waals surface area contributed by atoms with Crippen LogP contribution in [-0.2, 0) is 22.3 Å². The molecule has 4 rings (SSSR count). The van der Waals surface area contributed by atoms with Gasteiger partial charge in [-0.25, -0.2) is 4.79 Å². The van der Waals surface area contributed by atoms with E-state index in [-0.39, 0.29) is 30.1 Å². The van der Waals surface area contributed by atoms with Gasteiger partial charge >= 0.3 is 18.2 Å². The van der Waals surface area contributed by atoms with Crippen LogP contribution >= 0.6 is 15.9 Å². The number of urea groups is 1. The van der Waals surface area contributed by atoms with Crippen molar-refractivity contribution in [2.75, 3.05) is 17.2 Å². The van der Waals surface area contributed by atoms with Crippen LogP contribution in [0.2, 0.25) is 0 Å². The van der Waals surface area contributed by atoms with Crippen molar-refractivity contribution in [3.63, 3.8) is 0 Å². The van der Waals surface area contributed by atoms with E-state index in [4.69, 9.17) is 10.5 Å². The van der Waals surface area contributed by atoms with Crippen molar-refractivity contribution in [2.45, 2.75) is 12.8 Å². The lowest BCUT2D eigenvalue weighted by atomic mass is 10.1. The van der Waals surface area contributed by atoms with Gasteiger partial charge in [-0.1, -0.05) is 34.1 Å². The van der Waals surface area contributed by atoms with E-state index in [0.717, 1.165) is 24.3 Å². The van der Waals surface area contributed by atoms with Crippen molar-refractivity contribution in [1.29, 1.82) is 0 Å². The summed E-state index contributed by atoms with van der Waals surface area (Å²) >= 11 is 3.38. The molecule has 0 saturated carbocycles. The van der Waals surface area contributed by atoms with Crippen LogP contribution in [0, 0.1) is 0 Å². The molecule has 0 atom stereocenters. The van der Waals surface area contributed by atoms with Crippen LogP contribution in [0.15, 0.2) is 77.4 Å². The smallest absolute Gasteiger partial charge is 0.416 e. The number of anilines is 2. The van der Waals surface area contributed by atoms with Gasteiger partial charge < -0.3 is 21.1 Å². The molecule has 3 aromatic carbocycles. The van der Waals surface area contributed by atoms with Crippen LogP contribution in [0.5, 0.6) is 0 Å². The maximum Gasteiger partial charge on any atom is 0.416 e. The summed E-state index contributed by atoms with van der Waals surface area (Å²) in [4.78, 5) is 37.7. The number of carbonyl (C=O) groups is 3. The second-order valence-corrected chi connectivity index (χ2v) is 8.97. The maximum absolute atomic E-state index is 13.5. The molecule has 0 aliphatic carbocycles. The molecule has 0 unspecified atom stereocenters. The van der Waals surface area contributed by atoms with E-state index >= 15 is 0 Å². The predicted octanol–water partition coefficient (Wildman–Crippen LogP) is 5.76. The molecule has 0 radical (unpaired) electrons.